The van der Waals surface area contributed by atoms with E-state index in [4.69, 9.17) is 0 Å². The van der Waals surface area contributed by atoms with Gasteiger partial charge in [0.1, 0.15) is 5.82 Å². The van der Waals surface area contributed by atoms with Crippen molar-refractivity contribution in [3.8, 4) is 0 Å². The third kappa shape index (κ3) is 3.34. The van der Waals surface area contributed by atoms with Crippen molar-refractivity contribution in [1.29, 1.82) is 0 Å². The number of hydrogen-bond donors (Lipinski definition) is 1. The van der Waals surface area contributed by atoms with Gasteiger partial charge in [-0.2, -0.15) is 4.39 Å². The van der Waals surface area contributed by atoms with Gasteiger partial charge in [-0.3, -0.25) is 14.9 Å². The maximum Gasteiger partial charge on any atom is 0.307 e. The van der Waals surface area contributed by atoms with Crippen molar-refractivity contribution >= 4 is 17.3 Å². The molecule has 0 aliphatic heterocycles. The highest BCUT2D eigenvalue weighted by atomic mass is 19.1. The first-order valence-corrected chi connectivity index (χ1v) is 4.90. The summed E-state index contributed by atoms with van der Waals surface area (Å²) in [5.41, 5.74) is -0.668. The molecule has 0 atom stereocenters. The van der Waals surface area contributed by atoms with E-state index in [2.05, 4.69) is 5.32 Å². The van der Waals surface area contributed by atoms with Crippen molar-refractivity contribution in [2.45, 2.75) is 13.8 Å². The number of nitrogens with zero attached hydrogens (tertiary/aromatic N) is 1. The van der Waals surface area contributed by atoms with Crippen LogP contribution in [0.4, 0.5) is 20.2 Å². The Kier molecular flexibility index (Phi) is 4.09. The molecule has 0 saturated heterocycles. The maximum atomic E-state index is 13.3. The van der Waals surface area contributed by atoms with Gasteiger partial charge in [-0.05, 0) is 13.8 Å². The predicted octanol–water partition coefficient (Wildman–Crippen LogP) is 2.78. The first-order chi connectivity index (χ1) is 8.31. The molecule has 0 aliphatic rings. The van der Waals surface area contributed by atoms with Gasteiger partial charge in [-0.15, -0.1) is 0 Å². The van der Waals surface area contributed by atoms with Crippen LogP contribution in [-0.4, -0.2) is 10.8 Å². The van der Waals surface area contributed by atoms with Crippen LogP contribution < -0.4 is 5.32 Å². The van der Waals surface area contributed by atoms with Crippen LogP contribution in [-0.2, 0) is 4.79 Å². The summed E-state index contributed by atoms with van der Waals surface area (Å²) < 4.78 is 26.3. The van der Waals surface area contributed by atoms with Gasteiger partial charge in [-0.25, -0.2) is 4.39 Å². The highest BCUT2D eigenvalue weighted by molar-refractivity contribution is 5.99. The Labute approximate surface area is 101 Å². The first kappa shape index (κ1) is 13.8. The maximum absolute atomic E-state index is 13.3. The fourth-order valence-corrected chi connectivity index (χ4v) is 1.20. The van der Waals surface area contributed by atoms with Crippen LogP contribution >= 0.6 is 0 Å². The zero-order valence-electron chi connectivity index (χ0n) is 9.66. The number of rotatable bonds is 3. The van der Waals surface area contributed by atoms with Crippen LogP contribution in [0.25, 0.3) is 0 Å². The molecule has 0 spiro atoms. The zero-order chi connectivity index (χ0) is 13.9. The van der Waals surface area contributed by atoms with Crippen LogP contribution in [0.3, 0.4) is 0 Å². The highest BCUT2D eigenvalue weighted by Crippen LogP contribution is 2.25. The number of halogens is 2. The summed E-state index contributed by atoms with van der Waals surface area (Å²) in [7, 11) is 0. The van der Waals surface area contributed by atoms with E-state index in [0.717, 1.165) is 0 Å². The largest absolute Gasteiger partial charge is 0.320 e. The minimum absolute atomic E-state index is 0.357. The number of benzene rings is 1. The Morgan fingerprint density at radius 3 is 2.44 bits per heavy atom. The van der Waals surface area contributed by atoms with Crippen LogP contribution in [0.1, 0.15) is 13.8 Å². The second-order valence-corrected chi connectivity index (χ2v) is 3.75. The summed E-state index contributed by atoms with van der Waals surface area (Å²) in [4.78, 5) is 20.8. The van der Waals surface area contributed by atoms with Gasteiger partial charge in [0.25, 0.3) is 0 Å². The number of nitro groups is 1. The average Bonchev–Trinajstić information content (AvgIpc) is 2.20. The van der Waals surface area contributed by atoms with Crippen molar-refractivity contribution < 1.29 is 18.5 Å². The fraction of sp³-hybridized carbons (Fsp3) is 0.182. The fourth-order valence-electron chi connectivity index (χ4n) is 1.20. The molecule has 0 heterocycles. The molecular formula is C11H10F2N2O3. The molecule has 18 heavy (non-hydrogen) atoms. The number of carbonyl (C=O) groups excluding carboxylic acids is 1. The number of hydrogen-bond acceptors (Lipinski definition) is 3. The molecular weight excluding hydrogens is 246 g/mol. The Morgan fingerprint density at radius 2 is 1.94 bits per heavy atom. The van der Waals surface area contributed by atoms with Gasteiger partial charge >= 0.3 is 5.69 Å². The number of allylic oxidation sites excluding steroid dienone is 1. The lowest BCUT2D eigenvalue weighted by atomic mass is 10.2. The molecule has 5 nitrogen and oxygen atoms in total. The molecule has 0 aliphatic carbocycles. The Balaban J connectivity index is 3.10. The molecule has 0 bridgehead atoms. The van der Waals surface area contributed by atoms with Gasteiger partial charge in [-0.1, -0.05) is 5.57 Å². The van der Waals surface area contributed by atoms with E-state index in [-0.39, 0.29) is 0 Å². The standard InChI is InChI=1S/C11H10F2N2O3/c1-6(2)3-11(16)14-9-5-10(15(17)18)8(13)4-7(9)12/h3-5H,1-2H3,(H,14,16). The number of amides is 1. The normalized spacial score (nSPS) is 9.78. The molecule has 1 aromatic rings. The molecule has 0 fully saturated rings. The molecule has 0 aromatic heterocycles. The molecule has 0 unspecified atom stereocenters. The Hall–Kier alpha value is -2.31. The Morgan fingerprint density at radius 1 is 1.33 bits per heavy atom. The summed E-state index contributed by atoms with van der Waals surface area (Å²) in [6, 6.07) is 0.998. The van der Waals surface area contributed by atoms with Gasteiger partial charge in [0.15, 0.2) is 0 Å². The monoisotopic (exact) mass is 256 g/mol. The summed E-state index contributed by atoms with van der Waals surface area (Å²) in [6.45, 7) is 3.31. The van der Waals surface area contributed by atoms with E-state index in [9.17, 15) is 23.7 Å². The van der Waals surface area contributed by atoms with Crippen LogP contribution in [0.2, 0.25) is 0 Å². The van der Waals surface area contributed by atoms with E-state index in [0.29, 0.717) is 17.7 Å². The van der Waals surface area contributed by atoms with E-state index in [1.807, 2.05) is 0 Å². The third-order valence-corrected chi connectivity index (χ3v) is 1.91. The lowest BCUT2D eigenvalue weighted by molar-refractivity contribution is -0.387. The quantitative estimate of drug-likeness (QED) is 0.513. The minimum atomic E-state index is -1.29. The molecule has 0 saturated carbocycles. The summed E-state index contributed by atoms with van der Waals surface area (Å²) in [6.07, 6.45) is 1.19. The average molecular weight is 256 g/mol. The van der Waals surface area contributed by atoms with Crippen molar-refractivity contribution in [1.82, 2.24) is 0 Å². The SMILES string of the molecule is CC(C)=CC(=O)Nc1cc([N+](=O)[O-])c(F)cc1F. The van der Waals surface area contributed by atoms with Crippen LogP contribution in [0.5, 0.6) is 0 Å². The second kappa shape index (κ2) is 5.35. The number of anilines is 1. The van der Waals surface area contributed by atoms with Gasteiger partial charge < -0.3 is 5.32 Å². The zero-order valence-corrected chi connectivity index (χ0v) is 9.66. The summed E-state index contributed by atoms with van der Waals surface area (Å²) in [5.74, 6) is -3.01. The smallest absolute Gasteiger partial charge is 0.307 e. The van der Waals surface area contributed by atoms with Crippen LogP contribution in [0.15, 0.2) is 23.8 Å². The molecule has 1 rings (SSSR count). The van der Waals surface area contributed by atoms with Crippen molar-refractivity contribution in [2.75, 3.05) is 5.32 Å². The first-order valence-electron chi connectivity index (χ1n) is 4.90. The topological polar surface area (TPSA) is 72.2 Å². The van der Waals surface area contributed by atoms with Gasteiger partial charge in [0.05, 0.1) is 10.6 Å². The van der Waals surface area contributed by atoms with Crippen LogP contribution in [0, 0.1) is 21.7 Å². The number of carbonyl (C=O) groups is 1. The second-order valence-electron chi connectivity index (χ2n) is 3.75. The lowest BCUT2D eigenvalue weighted by Crippen LogP contribution is -2.10. The van der Waals surface area contributed by atoms with Gasteiger partial charge in [0.2, 0.25) is 11.7 Å². The van der Waals surface area contributed by atoms with E-state index in [1.165, 1.54) is 6.08 Å². The van der Waals surface area contributed by atoms with Crippen molar-refractivity contribution in [3.05, 3.63) is 45.5 Å². The molecule has 1 amide bonds. The number of nitro benzene ring substituents is 1. The van der Waals surface area contributed by atoms with E-state index < -0.39 is 33.8 Å². The Bertz CT molecular complexity index is 537. The highest BCUT2D eigenvalue weighted by Gasteiger charge is 2.19. The van der Waals surface area contributed by atoms with Gasteiger partial charge in [0, 0.05) is 18.2 Å². The molecule has 96 valence electrons. The molecule has 7 heteroatoms. The molecule has 1 aromatic carbocycles. The molecule has 1 N–H and O–H groups in total. The molecule has 0 radical (unpaired) electrons. The predicted molar refractivity (Wildman–Crippen MR) is 61.1 cm³/mol. The van der Waals surface area contributed by atoms with Crippen molar-refractivity contribution in [2.24, 2.45) is 0 Å². The number of nitrogens with one attached hydrogen (secondary N) is 1. The summed E-state index contributed by atoms with van der Waals surface area (Å²) in [5, 5.41) is 12.6. The summed E-state index contributed by atoms with van der Waals surface area (Å²) >= 11 is 0. The minimum Gasteiger partial charge on any atom is -0.320 e. The van der Waals surface area contributed by atoms with E-state index >= 15 is 0 Å². The van der Waals surface area contributed by atoms with Crippen molar-refractivity contribution in [3.63, 3.8) is 0 Å². The lowest BCUT2D eigenvalue weighted by Gasteiger charge is -2.04. The third-order valence-electron chi connectivity index (χ3n) is 1.91. The van der Waals surface area contributed by atoms with E-state index in [1.54, 1.807) is 13.8 Å².